The number of anilines is 1. The highest BCUT2D eigenvalue weighted by atomic mass is 32.1. The summed E-state index contributed by atoms with van der Waals surface area (Å²) in [5, 5.41) is 0.644. The summed E-state index contributed by atoms with van der Waals surface area (Å²) in [6.07, 6.45) is 6.18. The molecule has 2 aromatic carbocycles. The van der Waals surface area contributed by atoms with Crippen molar-refractivity contribution < 1.29 is 19.0 Å². The quantitative estimate of drug-likeness (QED) is 0.299. The summed E-state index contributed by atoms with van der Waals surface area (Å²) in [6.45, 7) is 6.07. The van der Waals surface area contributed by atoms with E-state index in [1.807, 2.05) is 42.8 Å². The van der Waals surface area contributed by atoms with Crippen LogP contribution in [0.5, 0.6) is 17.2 Å². The molecule has 34 heavy (non-hydrogen) atoms. The monoisotopic (exact) mass is 480 g/mol. The fourth-order valence-electron chi connectivity index (χ4n) is 3.59. The maximum Gasteiger partial charge on any atom is 0.260 e. The Morgan fingerprint density at radius 3 is 2.65 bits per heavy atom. The molecule has 0 unspecified atom stereocenters. The van der Waals surface area contributed by atoms with Crippen LogP contribution in [0.2, 0.25) is 0 Å². The first kappa shape index (κ1) is 23.6. The van der Waals surface area contributed by atoms with Crippen molar-refractivity contribution in [3.05, 3.63) is 60.7 Å². The van der Waals surface area contributed by atoms with E-state index in [1.165, 1.54) is 11.3 Å². The molecule has 0 atom stereocenters. The van der Waals surface area contributed by atoms with Gasteiger partial charge in [0.2, 0.25) is 0 Å². The number of rotatable bonds is 11. The summed E-state index contributed by atoms with van der Waals surface area (Å²) < 4.78 is 19.7. The Morgan fingerprint density at radius 2 is 1.91 bits per heavy atom. The number of nitrogens with zero attached hydrogens (tertiary/aromatic N) is 4. The van der Waals surface area contributed by atoms with Gasteiger partial charge in [-0.25, -0.2) is 9.97 Å². The summed E-state index contributed by atoms with van der Waals surface area (Å²) in [5.74, 6) is 1.80. The first-order valence-electron chi connectivity index (χ1n) is 11.2. The van der Waals surface area contributed by atoms with E-state index in [-0.39, 0.29) is 5.91 Å². The lowest BCUT2D eigenvalue weighted by molar-refractivity contribution is 0.0985. The lowest BCUT2D eigenvalue weighted by Crippen LogP contribution is -2.32. The molecule has 1 amide bonds. The summed E-state index contributed by atoms with van der Waals surface area (Å²) >= 11 is 1.47. The van der Waals surface area contributed by atoms with Gasteiger partial charge in [0.05, 0.1) is 36.9 Å². The van der Waals surface area contributed by atoms with Gasteiger partial charge in [0.25, 0.3) is 5.91 Å². The highest BCUT2D eigenvalue weighted by molar-refractivity contribution is 7.22. The number of benzene rings is 2. The number of thiazole rings is 1. The first-order chi connectivity index (χ1) is 16.6. The number of carbonyl (C=O) groups excluding carboxylic acids is 1. The predicted molar refractivity (Wildman–Crippen MR) is 133 cm³/mol. The third-order valence-corrected chi connectivity index (χ3v) is 6.25. The van der Waals surface area contributed by atoms with Gasteiger partial charge in [0.15, 0.2) is 16.6 Å². The molecule has 8 nitrogen and oxygen atoms in total. The number of aryl methyl sites for hydroxylation is 1. The van der Waals surface area contributed by atoms with Gasteiger partial charge in [-0.2, -0.15) is 0 Å². The van der Waals surface area contributed by atoms with Gasteiger partial charge in [0.1, 0.15) is 5.75 Å². The second-order valence-corrected chi connectivity index (χ2v) is 8.48. The van der Waals surface area contributed by atoms with Crippen molar-refractivity contribution in [3.63, 3.8) is 0 Å². The maximum absolute atomic E-state index is 13.7. The molecule has 0 radical (unpaired) electrons. The van der Waals surface area contributed by atoms with E-state index in [1.54, 1.807) is 42.7 Å². The number of hydrogen-bond acceptors (Lipinski definition) is 7. The molecule has 0 aliphatic rings. The van der Waals surface area contributed by atoms with Gasteiger partial charge in [-0.1, -0.05) is 11.3 Å². The molecule has 9 heteroatoms. The molecule has 2 aromatic heterocycles. The Balaban J connectivity index is 1.65. The minimum atomic E-state index is -0.138. The van der Waals surface area contributed by atoms with Gasteiger partial charge in [-0.3, -0.25) is 9.69 Å². The molecule has 2 heterocycles. The van der Waals surface area contributed by atoms with Crippen molar-refractivity contribution in [2.24, 2.45) is 0 Å². The van der Waals surface area contributed by atoms with Gasteiger partial charge in [-0.05, 0) is 56.7 Å². The van der Waals surface area contributed by atoms with Crippen LogP contribution in [0, 0.1) is 0 Å². The van der Waals surface area contributed by atoms with E-state index in [9.17, 15) is 4.79 Å². The lowest BCUT2D eigenvalue weighted by atomic mass is 10.1. The summed E-state index contributed by atoms with van der Waals surface area (Å²) in [7, 11) is 1.64. The van der Waals surface area contributed by atoms with Crippen molar-refractivity contribution in [1.29, 1.82) is 0 Å². The smallest absolute Gasteiger partial charge is 0.260 e. The third-order valence-electron chi connectivity index (χ3n) is 5.21. The van der Waals surface area contributed by atoms with Gasteiger partial charge < -0.3 is 18.8 Å². The molecule has 0 bridgehead atoms. The van der Waals surface area contributed by atoms with Crippen molar-refractivity contribution in [3.8, 4) is 17.2 Å². The molecule has 0 aliphatic heterocycles. The number of amides is 1. The topological polar surface area (TPSA) is 78.7 Å². The molecular weight excluding hydrogens is 452 g/mol. The van der Waals surface area contributed by atoms with Crippen LogP contribution in [0.1, 0.15) is 30.6 Å². The minimum Gasteiger partial charge on any atom is -0.497 e. The van der Waals surface area contributed by atoms with E-state index in [0.717, 1.165) is 28.9 Å². The molecule has 4 rings (SSSR count). The predicted octanol–water partition coefficient (Wildman–Crippen LogP) is 5.04. The van der Waals surface area contributed by atoms with Crippen LogP contribution in [0.25, 0.3) is 10.2 Å². The van der Waals surface area contributed by atoms with E-state index < -0.39 is 0 Å². The van der Waals surface area contributed by atoms with Crippen molar-refractivity contribution >= 4 is 32.6 Å². The summed E-state index contributed by atoms with van der Waals surface area (Å²) in [4.78, 5) is 24.3. The van der Waals surface area contributed by atoms with Crippen LogP contribution in [0.15, 0.2) is 55.1 Å². The average molecular weight is 481 g/mol. The largest absolute Gasteiger partial charge is 0.497 e. The summed E-state index contributed by atoms with van der Waals surface area (Å²) in [6, 6.07) is 11.0. The number of methoxy groups -OCH3 is 1. The number of ether oxygens (including phenoxy) is 3. The molecular formula is C25H28N4O4S. The second kappa shape index (κ2) is 11.0. The Kier molecular flexibility index (Phi) is 7.64. The Morgan fingerprint density at radius 1 is 1.09 bits per heavy atom. The van der Waals surface area contributed by atoms with Crippen LogP contribution in [0.3, 0.4) is 0 Å². The molecule has 4 aromatic rings. The van der Waals surface area contributed by atoms with E-state index in [0.29, 0.717) is 42.0 Å². The van der Waals surface area contributed by atoms with Crippen molar-refractivity contribution in [2.75, 3.05) is 31.8 Å². The van der Waals surface area contributed by atoms with Crippen LogP contribution < -0.4 is 19.1 Å². The molecule has 0 saturated heterocycles. The molecule has 0 aliphatic carbocycles. The fraction of sp³-hybridized carbons (Fsp3) is 0.320. The van der Waals surface area contributed by atoms with Crippen LogP contribution >= 0.6 is 11.3 Å². The van der Waals surface area contributed by atoms with E-state index in [2.05, 4.69) is 4.98 Å². The number of hydrogen-bond donors (Lipinski definition) is 0. The average Bonchev–Trinajstić information content (AvgIpc) is 3.52. The Hall–Kier alpha value is -3.59. The molecule has 0 spiro atoms. The number of carbonyl (C=O) groups is 1. The zero-order valence-electron chi connectivity index (χ0n) is 19.6. The SMILES string of the molecule is CCOc1ccc(C(=O)N(CCCn2ccnc2)c2nc3ccc(OC)cc3s2)cc1OCC. The fourth-order valence-corrected chi connectivity index (χ4v) is 4.61. The summed E-state index contributed by atoms with van der Waals surface area (Å²) in [5.41, 5.74) is 1.35. The van der Waals surface area contributed by atoms with Gasteiger partial charge >= 0.3 is 0 Å². The standard InChI is InChI=1S/C25H28N4O4S/c1-4-32-21-10-7-18(15-22(21)33-5-2)24(30)29(13-6-12-28-14-11-26-17-28)25-27-20-9-8-19(31-3)16-23(20)34-25/h7-11,14-17H,4-6,12-13H2,1-3H3. The normalized spacial score (nSPS) is 10.9. The van der Waals surface area contributed by atoms with Crippen LogP contribution in [0.4, 0.5) is 5.13 Å². The first-order valence-corrected chi connectivity index (χ1v) is 12.1. The number of imidazole rings is 1. The minimum absolute atomic E-state index is 0.138. The van der Waals surface area contributed by atoms with E-state index >= 15 is 0 Å². The number of fused-ring (bicyclic) bond motifs is 1. The highest BCUT2D eigenvalue weighted by Crippen LogP contribution is 2.34. The second-order valence-electron chi connectivity index (χ2n) is 7.47. The highest BCUT2D eigenvalue weighted by Gasteiger charge is 2.23. The molecule has 178 valence electrons. The Bertz CT molecular complexity index is 1240. The van der Waals surface area contributed by atoms with Crippen LogP contribution in [-0.4, -0.2) is 47.3 Å². The van der Waals surface area contributed by atoms with Gasteiger partial charge in [0, 0.05) is 31.0 Å². The number of aromatic nitrogens is 3. The zero-order chi connectivity index (χ0) is 23.9. The lowest BCUT2D eigenvalue weighted by Gasteiger charge is -2.21. The molecule has 0 N–H and O–H groups in total. The molecule has 0 fully saturated rings. The van der Waals surface area contributed by atoms with Gasteiger partial charge in [-0.15, -0.1) is 0 Å². The van der Waals surface area contributed by atoms with Crippen molar-refractivity contribution in [2.45, 2.75) is 26.8 Å². The maximum atomic E-state index is 13.7. The Labute approximate surface area is 202 Å². The molecule has 0 saturated carbocycles. The third kappa shape index (κ3) is 5.31. The van der Waals surface area contributed by atoms with Crippen molar-refractivity contribution in [1.82, 2.24) is 14.5 Å². The zero-order valence-corrected chi connectivity index (χ0v) is 20.4. The van der Waals surface area contributed by atoms with E-state index in [4.69, 9.17) is 19.2 Å². The van der Waals surface area contributed by atoms with Crippen LogP contribution in [-0.2, 0) is 6.54 Å².